The molecule has 29 heavy (non-hydrogen) atoms. The van der Waals surface area contributed by atoms with Gasteiger partial charge in [0.25, 0.3) is 11.7 Å². The highest BCUT2D eigenvalue weighted by molar-refractivity contribution is 9.10. The molecule has 152 valence electrons. The highest BCUT2D eigenvalue weighted by Gasteiger charge is 2.45. The number of ketones is 1. The fourth-order valence-electron chi connectivity index (χ4n) is 3.41. The molecule has 2 aromatic carbocycles. The van der Waals surface area contributed by atoms with Crippen LogP contribution in [0.15, 0.2) is 58.6 Å². The third-order valence-electron chi connectivity index (χ3n) is 4.82. The van der Waals surface area contributed by atoms with E-state index in [1.165, 1.54) is 12.0 Å². The minimum atomic E-state index is -0.698. The van der Waals surface area contributed by atoms with Gasteiger partial charge in [-0.15, -0.1) is 0 Å². The Kier molecular flexibility index (Phi) is 6.71. The van der Waals surface area contributed by atoms with Crippen LogP contribution in [0.1, 0.15) is 23.6 Å². The Morgan fingerprint density at radius 2 is 1.86 bits per heavy atom. The van der Waals surface area contributed by atoms with Crippen molar-refractivity contribution in [3.8, 4) is 5.75 Å². The van der Waals surface area contributed by atoms with Crippen molar-refractivity contribution in [3.05, 3.63) is 69.7 Å². The first-order chi connectivity index (χ1) is 14.0. The lowest BCUT2D eigenvalue weighted by Gasteiger charge is -2.25. The maximum absolute atomic E-state index is 12.9. The first-order valence-electron chi connectivity index (χ1n) is 9.15. The van der Waals surface area contributed by atoms with Crippen molar-refractivity contribution in [1.29, 1.82) is 0 Å². The summed E-state index contributed by atoms with van der Waals surface area (Å²) in [5, 5.41) is 11.0. The largest absolute Gasteiger partial charge is 0.507 e. The van der Waals surface area contributed by atoms with Crippen molar-refractivity contribution >= 4 is 33.4 Å². The lowest BCUT2D eigenvalue weighted by molar-refractivity contribution is -0.140. The van der Waals surface area contributed by atoms with Gasteiger partial charge in [-0.3, -0.25) is 9.59 Å². The molecule has 6 nitrogen and oxygen atoms in total. The van der Waals surface area contributed by atoms with E-state index in [0.717, 1.165) is 10.0 Å². The van der Waals surface area contributed by atoms with Crippen molar-refractivity contribution in [2.45, 2.75) is 12.5 Å². The summed E-state index contributed by atoms with van der Waals surface area (Å²) in [4.78, 5) is 27.2. The Hall–Kier alpha value is -2.64. The number of methoxy groups -OCH3 is 2. The summed E-state index contributed by atoms with van der Waals surface area (Å²) in [6.07, 6.45) is 0.579. The lowest BCUT2D eigenvalue weighted by Crippen LogP contribution is -2.31. The van der Waals surface area contributed by atoms with E-state index in [1.807, 2.05) is 24.3 Å². The summed E-state index contributed by atoms with van der Waals surface area (Å²) >= 11 is 3.40. The van der Waals surface area contributed by atoms with Gasteiger partial charge in [0.05, 0.1) is 18.7 Å². The molecule has 1 unspecified atom stereocenters. The number of benzene rings is 2. The van der Waals surface area contributed by atoms with E-state index in [4.69, 9.17) is 9.47 Å². The van der Waals surface area contributed by atoms with Crippen molar-refractivity contribution in [3.63, 3.8) is 0 Å². The van der Waals surface area contributed by atoms with Crippen LogP contribution in [0, 0.1) is 0 Å². The smallest absolute Gasteiger partial charge is 0.295 e. The van der Waals surface area contributed by atoms with E-state index in [9.17, 15) is 14.7 Å². The number of amides is 1. The predicted octanol–water partition coefficient (Wildman–Crippen LogP) is 3.92. The van der Waals surface area contributed by atoms with E-state index in [2.05, 4.69) is 15.9 Å². The summed E-state index contributed by atoms with van der Waals surface area (Å²) in [5.41, 5.74) is 1.23. The standard InChI is InChI=1S/C22H22BrNO5/c1-28-12-4-11-24-19(14-7-9-16(23)10-8-14)18(21(26)22(24)27)20(25)15-5-3-6-17(13-15)29-2/h3,5-10,13,19,25H,4,11-12H2,1-2H3/b20-18+. The predicted molar refractivity (Wildman–Crippen MR) is 113 cm³/mol. The van der Waals surface area contributed by atoms with Gasteiger partial charge in [-0.2, -0.15) is 0 Å². The van der Waals surface area contributed by atoms with Gasteiger partial charge in [0.15, 0.2) is 0 Å². The van der Waals surface area contributed by atoms with Crippen molar-refractivity contribution in [1.82, 2.24) is 4.90 Å². The second-order valence-corrected chi connectivity index (χ2v) is 7.54. The molecule has 1 atom stereocenters. The summed E-state index contributed by atoms with van der Waals surface area (Å²) in [6, 6.07) is 13.5. The second kappa shape index (κ2) is 9.24. The zero-order valence-electron chi connectivity index (χ0n) is 16.2. The minimum Gasteiger partial charge on any atom is -0.507 e. The Labute approximate surface area is 177 Å². The van der Waals surface area contributed by atoms with Crippen LogP contribution < -0.4 is 4.74 Å². The van der Waals surface area contributed by atoms with Crippen LogP contribution in [0.3, 0.4) is 0 Å². The average molecular weight is 460 g/mol. The van der Waals surface area contributed by atoms with Gasteiger partial charge >= 0.3 is 0 Å². The molecule has 1 heterocycles. The van der Waals surface area contributed by atoms with E-state index in [-0.39, 0.29) is 11.3 Å². The highest BCUT2D eigenvalue weighted by Crippen LogP contribution is 2.40. The third kappa shape index (κ3) is 4.36. The Bertz CT molecular complexity index is 938. The summed E-state index contributed by atoms with van der Waals surface area (Å²) < 4.78 is 11.2. The molecule has 1 aliphatic heterocycles. The number of likely N-dealkylation sites (tertiary alicyclic amines) is 1. The molecule has 0 aliphatic carbocycles. The molecule has 1 N–H and O–H groups in total. The average Bonchev–Trinajstić information content (AvgIpc) is 2.99. The normalized spacial score (nSPS) is 18.3. The van der Waals surface area contributed by atoms with E-state index in [1.54, 1.807) is 31.4 Å². The molecular weight excluding hydrogens is 438 g/mol. The number of aliphatic hydroxyl groups excluding tert-OH is 1. The van der Waals surface area contributed by atoms with Gasteiger partial charge in [0, 0.05) is 30.3 Å². The number of Topliss-reactive ketones (excluding diaryl/α,β-unsaturated/α-hetero) is 1. The molecule has 1 saturated heterocycles. The number of rotatable bonds is 7. The fraction of sp³-hybridized carbons (Fsp3) is 0.273. The molecule has 0 saturated carbocycles. The first kappa shape index (κ1) is 21.1. The quantitative estimate of drug-likeness (QED) is 0.294. The lowest BCUT2D eigenvalue weighted by atomic mass is 9.95. The van der Waals surface area contributed by atoms with Crippen LogP contribution in [0.4, 0.5) is 0 Å². The number of carbonyl (C=O) groups excluding carboxylic acids is 2. The van der Waals surface area contributed by atoms with Crippen LogP contribution in [-0.4, -0.2) is 49.1 Å². The highest BCUT2D eigenvalue weighted by atomic mass is 79.9. The molecule has 0 bridgehead atoms. The number of hydrogen-bond donors (Lipinski definition) is 1. The van der Waals surface area contributed by atoms with Crippen LogP contribution in [0.2, 0.25) is 0 Å². The van der Waals surface area contributed by atoms with Gasteiger partial charge in [-0.25, -0.2) is 0 Å². The van der Waals surface area contributed by atoms with Crippen molar-refractivity contribution in [2.75, 3.05) is 27.4 Å². The molecule has 2 aromatic rings. The SMILES string of the molecule is COCCCN1C(=O)C(=O)/C(=C(/O)c2cccc(OC)c2)C1c1ccc(Br)cc1. The minimum absolute atomic E-state index is 0.0722. The van der Waals surface area contributed by atoms with Crippen molar-refractivity contribution < 1.29 is 24.2 Å². The summed E-state index contributed by atoms with van der Waals surface area (Å²) in [6.45, 7) is 0.806. The Morgan fingerprint density at radius 1 is 1.14 bits per heavy atom. The maximum Gasteiger partial charge on any atom is 0.295 e. The van der Waals surface area contributed by atoms with Crippen LogP contribution in [0.5, 0.6) is 5.75 Å². The molecule has 1 aliphatic rings. The third-order valence-corrected chi connectivity index (χ3v) is 5.35. The maximum atomic E-state index is 12.9. The molecule has 0 aromatic heterocycles. The number of carbonyl (C=O) groups is 2. The molecule has 0 spiro atoms. The Balaban J connectivity index is 2.12. The van der Waals surface area contributed by atoms with Crippen LogP contribution >= 0.6 is 15.9 Å². The number of halogens is 1. The summed E-state index contributed by atoms with van der Waals surface area (Å²) in [5.74, 6) is -0.998. The second-order valence-electron chi connectivity index (χ2n) is 6.62. The van der Waals surface area contributed by atoms with Crippen LogP contribution in [0.25, 0.3) is 5.76 Å². The van der Waals surface area contributed by atoms with Gasteiger partial charge in [0.1, 0.15) is 11.5 Å². The summed E-state index contributed by atoms with van der Waals surface area (Å²) in [7, 11) is 3.11. The van der Waals surface area contributed by atoms with E-state index >= 15 is 0 Å². The van der Waals surface area contributed by atoms with Gasteiger partial charge in [-0.05, 0) is 36.2 Å². The topological polar surface area (TPSA) is 76.1 Å². The molecular formula is C22H22BrNO5. The molecule has 0 radical (unpaired) electrons. The zero-order valence-corrected chi connectivity index (χ0v) is 17.8. The number of ether oxygens (including phenoxy) is 2. The number of hydrogen-bond acceptors (Lipinski definition) is 5. The molecule has 1 fully saturated rings. The van der Waals surface area contributed by atoms with Gasteiger partial charge in [-0.1, -0.05) is 40.2 Å². The fourth-order valence-corrected chi connectivity index (χ4v) is 3.67. The Morgan fingerprint density at radius 3 is 2.52 bits per heavy atom. The number of nitrogens with zero attached hydrogens (tertiary/aromatic N) is 1. The zero-order chi connectivity index (χ0) is 21.0. The van der Waals surface area contributed by atoms with Gasteiger partial charge < -0.3 is 19.5 Å². The van der Waals surface area contributed by atoms with E-state index in [0.29, 0.717) is 30.9 Å². The molecule has 7 heteroatoms. The molecule has 1 amide bonds. The molecule has 3 rings (SSSR count). The first-order valence-corrected chi connectivity index (χ1v) is 9.94. The van der Waals surface area contributed by atoms with E-state index < -0.39 is 17.7 Å². The monoisotopic (exact) mass is 459 g/mol. The van der Waals surface area contributed by atoms with Crippen molar-refractivity contribution in [2.24, 2.45) is 0 Å². The van der Waals surface area contributed by atoms with Crippen LogP contribution in [-0.2, 0) is 14.3 Å². The number of aliphatic hydroxyl groups is 1. The van der Waals surface area contributed by atoms with Gasteiger partial charge in [0.2, 0.25) is 0 Å².